The molecule has 0 saturated carbocycles. The molecule has 2 aromatic carbocycles. The molecule has 0 radical (unpaired) electrons. The summed E-state index contributed by atoms with van der Waals surface area (Å²) >= 11 is 0. The van der Waals surface area contributed by atoms with E-state index in [2.05, 4.69) is 0 Å². The van der Waals surface area contributed by atoms with Crippen LogP contribution in [-0.2, 0) is 9.47 Å². The lowest BCUT2D eigenvalue weighted by molar-refractivity contribution is 0.0810. The molecule has 108 valence electrons. The highest BCUT2D eigenvalue weighted by molar-refractivity contribution is 5.96. The molecule has 0 spiro atoms. The lowest BCUT2D eigenvalue weighted by Gasteiger charge is -2.11. The molecule has 0 unspecified atom stereocenters. The van der Waals surface area contributed by atoms with Gasteiger partial charge in [0.25, 0.3) is 0 Å². The normalized spacial score (nSPS) is 10.8. The first kappa shape index (κ1) is 14.6. The number of anilines is 1. The lowest BCUT2D eigenvalue weighted by atomic mass is 10.1. The van der Waals surface area contributed by atoms with Gasteiger partial charge in [-0.25, -0.2) is 0 Å². The van der Waals surface area contributed by atoms with E-state index < -0.39 is 0 Å². The second-order valence-corrected chi connectivity index (χ2v) is 4.51. The van der Waals surface area contributed by atoms with Gasteiger partial charge in [0, 0.05) is 36.8 Å². The largest absolute Gasteiger partial charge is 0.491 e. The van der Waals surface area contributed by atoms with Crippen LogP contribution < -0.4 is 10.5 Å². The van der Waals surface area contributed by atoms with E-state index in [0.29, 0.717) is 19.8 Å². The van der Waals surface area contributed by atoms with Crippen molar-refractivity contribution in [3.05, 3.63) is 36.4 Å². The maximum absolute atomic E-state index is 5.96. The third-order valence-electron chi connectivity index (χ3n) is 3.04. The van der Waals surface area contributed by atoms with Crippen LogP contribution in [0.4, 0.5) is 5.69 Å². The minimum atomic E-state index is 0.529. The number of fused-ring (bicyclic) bond motifs is 1. The molecule has 0 aliphatic heterocycles. The summed E-state index contributed by atoms with van der Waals surface area (Å²) in [6.07, 6.45) is 0.904. The molecule has 2 aromatic rings. The Morgan fingerprint density at radius 3 is 2.50 bits per heavy atom. The van der Waals surface area contributed by atoms with Gasteiger partial charge < -0.3 is 19.9 Å². The monoisotopic (exact) mass is 275 g/mol. The lowest BCUT2D eigenvalue weighted by Crippen LogP contribution is -2.08. The van der Waals surface area contributed by atoms with E-state index >= 15 is 0 Å². The minimum absolute atomic E-state index is 0.529. The number of hydrogen-bond acceptors (Lipinski definition) is 4. The molecule has 2 N–H and O–H groups in total. The van der Waals surface area contributed by atoms with E-state index in [0.717, 1.165) is 35.2 Å². The zero-order chi connectivity index (χ0) is 14.2. The van der Waals surface area contributed by atoms with E-state index in [4.69, 9.17) is 19.9 Å². The number of nitrogen functional groups attached to an aromatic ring is 1. The smallest absolute Gasteiger partial charge is 0.127 e. The van der Waals surface area contributed by atoms with Crippen molar-refractivity contribution in [2.45, 2.75) is 6.42 Å². The molecule has 0 aromatic heterocycles. The Balaban J connectivity index is 1.86. The van der Waals surface area contributed by atoms with Crippen LogP contribution in [-0.4, -0.2) is 33.5 Å². The van der Waals surface area contributed by atoms with E-state index in [1.54, 1.807) is 7.11 Å². The maximum Gasteiger partial charge on any atom is 0.127 e. The van der Waals surface area contributed by atoms with Gasteiger partial charge >= 0.3 is 0 Å². The van der Waals surface area contributed by atoms with E-state index in [9.17, 15) is 0 Å². The molecule has 0 bridgehead atoms. The van der Waals surface area contributed by atoms with Crippen molar-refractivity contribution in [3.63, 3.8) is 0 Å². The molecular weight excluding hydrogens is 254 g/mol. The fourth-order valence-corrected chi connectivity index (χ4v) is 2.04. The zero-order valence-electron chi connectivity index (χ0n) is 11.8. The fraction of sp³-hybridized carbons (Fsp3) is 0.375. The van der Waals surface area contributed by atoms with Gasteiger partial charge in [0.2, 0.25) is 0 Å². The topological polar surface area (TPSA) is 53.7 Å². The van der Waals surface area contributed by atoms with Crippen molar-refractivity contribution in [3.8, 4) is 5.75 Å². The number of benzene rings is 2. The van der Waals surface area contributed by atoms with Crippen LogP contribution in [0, 0.1) is 0 Å². The summed E-state index contributed by atoms with van der Waals surface area (Å²) in [5.74, 6) is 0.843. The Bertz CT molecular complexity index is 542. The number of ether oxygens (including phenoxy) is 3. The zero-order valence-corrected chi connectivity index (χ0v) is 11.8. The van der Waals surface area contributed by atoms with E-state index in [-0.39, 0.29) is 0 Å². The fourth-order valence-electron chi connectivity index (χ4n) is 2.04. The summed E-state index contributed by atoms with van der Waals surface area (Å²) in [7, 11) is 1.69. The summed E-state index contributed by atoms with van der Waals surface area (Å²) < 4.78 is 16.2. The van der Waals surface area contributed by atoms with Gasteiger partial charge in [-0.05, 0) is 18.6 Å². The van der Waals surface area contributed by atoms with E-state index in [1.807, 2.05) is 36.4 Å². The molecular formula is C16H21NO3. The Morgan fingerprint density at radius 1 is 0.900 bits per heavy atom. The number of nitrogens with two attached hydrogens (primary N) is 1. The standard InChI is InChI=1S/C16H21NO3/c1-18-9-4-10-19-11-12-20-16-8-7-15(17)13-5-2-3-6-14(13)16/h2-3,5-8H,4,9-12,17H2,1H3. The predicted octanol–water partition coefficient (Wildman–Crippen LogP) is 2.85. The molecule has 2 rings (SSSR count). The van der Waals surface area contributed by atoms with Crippen LogP contribution in [0.1, 0.15) is 6.42 Å². The quantitative estimate of drug-likeness (QED) is 0.594. The molecule has 4 nitrogen and oxygen atoms in total. The highest BCUT2D eigenvalue weighted by Crippen LogP contribution is 2.29. The van der Waals surface area contributed by atoms with Gasteiger partial charge in [0.05, 0.1) is 6.61 Å². The number of methoxy groups -OCH3 is 1. The first-order chi connectivity index (χ1) is 9.83. The van der Waals surface area contributed by atoms with Crippen LogP contribution in [0.3, 0.4) is 0 Å². The van der Waals surface area contributed by atoms with Gasteiger partial charge in [-0.2, -0.15) is 0 Å². The highest BCUT2D eigenvalue weighted by Gasteiger charge is 2.04. The molecule has 0 saturated heterocycles. The van der Waals surface area contributed by atoms with Crippen LogP contribution in [0.5, 0.6) is 5.75 Å². The first-order valence-electron chi connectivity index (χ1n) is 6.79. The maximum atomic E-state index is 5.96. The second-order valence-electron chi connectivity index (χ2n) is 4.51. The Labute approximate surface area is 119 Å². The molecule has 20 heavy (non-hydrogen) atoms. The van der Waals surface area contributed by atoms with Gasteiger partial charge in [-0.3, -0.25) is 0 Å². The van der Waals surface area contributed by atoms with Crippen molar-refractivity contribution >= 4 is 16.5 Å². The second kappa shape index (κ2) is 7.72. The average molecular weight is 275 g/mol. The van der Waals surface area contributed by atoms with Crippen molar-refractivity contribution in [2.75, 3.05) is 39.3 Å². The third kappa shape index (κ3) is 3.85. The average Bonchev–Trinajstić information content (AvgIpc) is 2.49. The van der Waals surface area contributed by atoms with Crippen LogP contribution >= 0.6 is 0 Å². The number of hydrogen-bond donors (Lipinski definition) is 1. The van der Waals surface area contributed by atoms with Gasteiger partial charge in [-0.1, -0.05) is 24.3 Å². The molecule has 0 atom stereocenters. The van der Waals surface area contributed by atoms with Gasteiger partial charge in [0.15, 0.2) is 0 Å². The van der Waals surface area contributed by atoms with Crippen molar-refractivity contribution in [1.29, 1.82) is 0 Å². The summed E-state index contributed by atoms with van der Waals surface area (Å²) in [6.45, 7) is 2.52. The van der Waals surface area contributed by atoms with Gasteiger partial charge in [0.1, 0.15) is 12.4 Å². The first-order valence-corrected chi connectivity index (χ1v) is 6.79. The van der Waals surface area contributed by atoms with Crippen molar-refractivity contribution < 1.29 is 14.2 Å². The predicted molar refractivity (Wildman–Crippen MR) is 81.2 cm³/mol. The Kier molecular flexibility index (Phi) is 5.65. The summed E-state index contributed by atoms with van der Waals surface area (Å²) in [6, 6.07) is 11.7. The van der Waals surface area contributed by atoms with Crippen LogP contribution in [0.15, 0.2) is 36.4 Å². The summed E-state index contributed by atoms with van der Waals surface area (Å²) in [4.78, 5) is 0. The SMILES string of the molecule is COCCCOCCOc1ccc(N)c2ccccc12. The third-order valence-corrected chi connectivity index (χ3v) is 3.04. The molecule has 0 aliphatic carbocycles. The Morgan fingerprint density at radius 2 is 1.70 bits per heavy atom. The van der Waals surface area contributed by atoms with Crippen molar-refractivity contribution in [1.82, 2.24) is 0 Å². The molecule has 0 amide bonds. The minimum Gasteiger partial charge on any atom is -0.491 e. The molecule has 0 fully saturated rings. The molecule has 0 aliphatic rings. The molecule has 4 heteroatoms. The summed E-state index contributed by atoms with van der Waals surface area (Å²) in [5, 5.41) is 2.05. The van der Waals surface area contributed by atoms with Crippen molar-refractivity contribution in [2.24, 2.45) is 0 Å². The van der Waals surface area contributed by atoms with Gasteiger partial charge in [-0.15, -0.1) is 0 Å². The molecule has 0 heterocycles. The van der Waals surface area contributed by atoms with E-state index in [1.165, 1.54) is 0 Å². The number of rotatable bonds is 8. The van der Waals surface area contributed by atoms with Crippen LogP contribution in [0.2, 0.25) is 0 Å². The summed E-state index contributed by atoms with van der Waals surface area (Å²) in [5.41, 5.74) is 6.72. The van der Waals surface area contributed by atoms with Crippen LogP contribution in [0.25, 0.3) is 10.8 Å². The Hall–Kier alpha value is -1.78. The highest BCUT2D eigenvalue weighted by atomic mass is 16.5.